The maximum absolute atomic E-state index is 12.3. The molecule has 2 rings (SSSR count). The van der Waals surface area contributed by atoms with Gasteiger partial charge in [-0.2, -0.15) is 0 Å². The maximum Gasteiger partial charge on any atom is 0.338 e. The van der Waals surface area contributed by atoms with E-state index in [1.807, 2.05) is 39.0 Å². The molecule has 174 valence electrons. The molecule has 0 atom stereocenters. The molecule has 32 heavy (non-hydrogen) atoms. The summed E-state index contributed by atoms with van der Waals surface area (Å²) >= 11 is 0. The second-order valence-electron chi connectivity index (χ2n) is 6.62. The van der Waals surface area contributed by atoms with Crippen LogP contribution in [-0.4, -0.2) is 52.0 Å². The Labute approximate surface area is 188 Å². The number of esters is 1. The molecular formula is C24H31NO7. The van der Waals surface area contributed by atoms with Crippen molar-refractivity contribution >= 4 is 11.9 Å². The molecule has 1 amide bonds. The molecule has 0 aliphatic carbocycles. The monoisotopic (exact) mass is 445 g/mol. The molecule has 0 saturated heterocycles. The Balaban J connectivity index is 1.83. The Morgan fingerprint density at radius 3 is 2.09 bits per heavy atom. The zero-order valence-electron chi connectivity index (χ0n) is 19.1. The molecule has 0 aliphatic rings. The number of methoxy groups -OCH3 is 1. The van der Waals surface area contributed by atoms with Gasteiger partial charge in [-0.1, -0.05) is 6.07 Å². The molecule has 8 nitrogen and oxygen atoms in total. The van der Waals surface area contributed by atoms with Crippen LogP contribution in [0, 0.1) is 0 Å². The van der Waals surface area contributed by atoms with Crippen LogP contribution in [0.3, 0.4) is 0 Å². The number of hydrogen-bond acceptors (Lipinski definition) is 7. The Morgan fingerprint density at radius 2 is 1.44 bits per heavy atom. The summed E-state index contributed by atoms with van der Waals surface area (Å²) in [5.74, 6) is 1.33. The standard InChI is InChI=1S/C24H31NO7/c1-5-29-20-10-8-17(14-21(20)30-6-2)12-13-25-23(26)16-32-24(27)18-9-11-19(28-4)22(15-18)31-7-3/h8-11,14-15H,5-7,12-13,16H2,1-4H3,(H,25,26). The average Bonchev–Trinajstić information content (AvgIpc) is 2.79. The summed E-state index contributed by atoms with van der Waals surface area (Å²) in [5.41, 5.74) is 1.27. The average molecular weight is 446 g/mol. The molecule has 0 saturated carbocycles. The second kappa shape index (κ2) is 13.1. The third kappa shape index (κ3) is 7.37. The van der Waals surface area contributed by atoms with Crippen molar-refractivity contribution in [1.82, 2.24) is 5.32 Å². The van der Waals surface area contributed by atoms with Crippen molar-refractivity contribution in [1.29, 1.82) is 0 Å². The Morgan fingerprint density at radius 1 is 0.812 bits per heavy atom. The number of ether oxygens (including phenoxy) is 5. The molecule has 0 aliphatic heterocycles. The van der Waals surface area contributed by atoms with Crippen molar-refractivity contribution in [3.8, 4) is 23.0 Å². The summed E-state index contributed by atoms with van der Waals surface area (Å²) in [4.78, 5) is 24.3. The van der Waals surface area contributed by atoms with Gasteiger partial charge in [0.15, 0.2) is 29.6 Å². The van der Waals surface area contributed by atoms with Gasteiger partial charge in [0.2, 0.25) is 0 Å². The van der Waals surface area contributed by atoms with Crippen LogP contribution >= 0.6 is 0 Å². The van der Waals surface area contributed by atoms with Crippen molar-refractivity contribution < 1.29 is 33.3 Å². The first-order valence-electron chi connectivity index (χ1n) is 10.6. The second-order valence-corrected chi connectivity index (χ2v) is 6.62. The van der Waals surface area contributed by atoms with Crippen molar-refractivity contribution in [2.24, 2.45) is 0 Å². The summed E-state index contributed by atoms with van der Waals surface area (Å²) < 4.78 is 26.9. The summed E-state index contributed by atoms with van der Waals surface area (Å²) in [6, 6.07) is 10.4. The Bertz CT molecular complexity index is 898. The summed E-state index contributed by atoms with van der Waals surface area (Å²) in [5, 5.41) is 2.75. The molecule has 0 fully saturated rings. The van der Waals surface area contributed by atoms with Crippen LogP contribution in [0.1, 0.15) is 36.7 Å². The van der Waals surface area contributed by atoms with Gasteiger partial charge in [0.05, 0.1) is 32.5 Å². The molecule has 0 unspecified atom stereocenters. The van der Waals surface area contributed by atoms with Gasteiger partial charge in [0.25, 0.3) is 5.91 Å². The van der Waals surface area contributed by atoms with Crippen LogP contribution in [0.25, 0.3) is 0 Å². The van der Waals surface area contributed by atoms with Gasteiger partial charge >= 0.3 is 5.97 Å². The van der Waals surface area contributed by atoms with E-state index in [0.717, 1.165) is 5.56 Å². The number of rotatable bonds is 13. The van der Waals surface area contributed by atoms with E-state index >= 15 is 0 Å². The lowest BCUT2D eigenvalue weighted by Crippen LogP contribution is -2.30. The van der Waals surface area contributed by atoms with Gasteiger partial charge in [-0.15, -0.1) is 0 Å². The first-order chi connectivity index (χ1) is 15.5. The van der Waals surface area contributed by atoms with Crippen molar-refractivity contribution in [3.05, 3.63) is 47.5 Å². The Kier molecular flexibility index (Phi) is 10.2. The van der Waals surface area contributed by atoms with Crippen molar-refractivity contribution in [2.45, 2.75) is 27.2 Å². The van der Waals surface area contributed by atoms with Crippen LogP contribution in [0.4, 0.5) is 0 Å². The quantitative estimate of drug-likeness (QED) is 0.472. The highest BCUT2D eigenvalue weighted by molar-refractivity contribution is 5.92. The van der Waals surface area contributed by atoms with E-state index in [4.69, 9.17) is 23.7 Å². The van der Waals surface area contributed by atoms with E-state index < -0.39 is 5.97 Å². The van der Waals surface area contributed by atoms with Gasteiger partial charge in [0, 0.05) is 6.54 Å². The lowest BCUT2D eigenvalue weighted by Gasteiger charge is -2.13. The smallest absolute Gasteiger partial charge is 0.338 e. The third-order valence-electron chi connectivity index (χ3n) is 4.38. The summed E-state index contributed by atoms with van der Waals surface area (Å²) in [6.07, 6.45) is 0.600. The number of nitrogens with one attached hydrogen (secondary N) is 1. The molecule has 8 heteroatoms. The fourth-order valence-electron chi connectivity index (χ4n) is 2.93. The number of carbonyl (C=O) groups is 2. The molecule has 0 heterocycles. The Hall–Kier alpha value is -3.42. The van der Waals surface area contributed by atoms with Gasteiger partial charge in [0.1, 0.15) is 0 Å². The van der Waals surface area contributed by atoms with E-state index in [-0.39, 0.29) is 18.1 Å². The van der Waals surface area contributed by atoms with E-state index in [0.29, 0.717) is 55.8 Å². The van der Waals surface area contributed by atoms with Crippen LogP contribution in [-0.2, 0) is 16.0 Å². The van der Waals surface area contributed by atoms with Gasteiger partial charge in [-0.25, -0.2) is 4.79 Å². The van der Waals surface area contributed by atoms with Gasteiger partial charge < -0.3 is 29.0 Å². The highest BCUT2D eigenvalue weighted by atomic mass is 16.5. The zero-order valence-corrected chi connectivity index (χ0v) is 19.1. The number of hydrogen-bond donors (Lipinski definition) is 1. The van der Waals surface area contributed by atoms with Gasteiger partial charge in [-0.3, -0.25) is 4.79 Å². The largest absolute Gasteiger partial charge is 0.493 e. The number of carbonyl (C=O) groups excluding carboxylic acids is 2. The first kappa shape index (κ1) is 24.8. The fraction of sp³-hybridized carbons (Fsp3) is 0.417. The highest BCUT2D eigenvalue weighted by Gasteiger charge is 2.14. The van der Waals surface area contributed by atoms with Crippen LogP contribution in [0.15, 0.2) is 36.4 Å². The molecule has 1 N–H and O–H groups in total. The summed E-state index contributed by atoms with van der Waals surface area (Å²) in [6.45, 7) is 7.20. The molecule has 2 aromatic carbocycles. The third-order valence-corrected chi connectivity index (χ3v) is 4.38. The topological polar surface area (TPSA) is 92.3 Å². The predicted molar refractivity (Wildman–Crippen MR) is 120 cm³/mol. The molecule has 0 radical (unpaired) electrons. The maximum atomic E-state index is 12.3. The van der Waals surface area contributed by atoms with Crippen LogP contribution < -0.4 is 24.3 Å². The predicted octanol–water partition coefficient (Wildman–Crippen LogP) is 3.41. The minimum Gasteiger partial charge on any atom is -0.493 e. The van der Waals surface area contributed by atoms with Crippen LogP contribution in [0.5, 0.6) is 23.0 Å². The SMILES string of the molecule is CCOc1cc(C(=O)OCC(=O)NCCc2ccc(OCC)c(OCC)c2)ccc1OC. The van der Waals surface area contributed by atoms with E-state index in [9.17, 15) is 9.59 Å². The van der Waals surface area contributed by atoms with E-state index in [1.54, 1.807) is 12.1 Å². The molecule has 0 bridgehead atoms. The minimum absolute atomic E-state index is 0.278. The lowest BCUT2D eigenvalue weighted by atomic mass is 10.1. The first-order valence-corrected chi connectivity index (χ1v) is 10.6. The van der Waals surface area contributed by atoms with Crippen molar-refractivity contribution in [3.63, 3.8) is 0 Å². The minimum atomic E-state index is -0.614. The van der Waals surface area contributed by atoms with E-state index in [2.05, 4.69) is 5.32 Å². The van der Waals surface area contributed by atoms with Crippen LogP contribution in [0.2, 0.25) is 0 Å². The highest BCUT2D eigenvalue weighted by Crippen LogP contribution is 2.29. The fourth-order valence-corrected chi connectivity index (χ4v) is 2.93. The summed E-state index contributed by atoms with van der Waals surface area (Å²) in [7, 11) is 1.52. The molecule has 2 aromatic rings. The van der Waals surface area contributed by atoms with Gasteiger partial charge in [-0.05, 0) is 63.1 Å². The van der Waals surface area contributed by atoms with Crippen molar-refractivity contribution in [2.75, 3.05) is 40.1 Å². The molecular weight excluding hydrogens is 414 g/mol. The zero-order chi connectivity index (χ0) is 23.3. The normalized spacial score (nSPS) is 10.2. The number of amides is 1. The van der Waals surface area contributed by atoms with E-state index in [1.165, 1.54) is 13.2 Å². The lowest BCUT2D eigenvalue weighted by molar-refractivity contribution is -0.124. The number of benzene rings is 2. The molecule has 0 spiro atoms. The molecule has 0 aromatic heterocycles.